The molecule has 110 valence electrons. The van der Waals surface area contributed by atoms with E-state index in [1.165, 1.54) is 0 Å². The fourth-order valence-electron chi connectivity index (χ4n) is 3.41. The van der Waals surface area contributed by atoms with Crippen molar-refractivity contribution in [1.29, 1.82) is 0 Å². The van der Waals surface area contributed by atoms with Crippen LogP contribution in [-0.4, -0.2) is 11.6 Å². The molecule has 0 unspecified atom stereocenters. The minimum Gasteiger partial charge on any atom is -0.489 e. The monoisotopic (exact) mass is 299 g/mol. The van der Waals surface area contributed by atoms with E-state index in [1.54, 1.807) is 0 Å². The molecule has 0 aliphatic carbocycles. The second-order valence-corrected chi connectivity index (χ2v) is 5.78. The van der Waals surface area contributed by atoms with Crippen LogP contribution in [0, 0.1) is 0 Å². The van der Waals surface area contributed by atoms with Gasteiger partial charge in [0.2, 0.25) is 0 Å². The van der Waals surface area contributed by atoms with Crippen molar-refractivity contribution in [2.24, 2.45) is 0 Å². The Morgan fingerprint density at radius 1 is 0.957 bits per heavy atom. The van der Waals surface area contributed by atoms with Crippen molar-refractivity contribution in [2.45, 2.75) is 0 Å². The average molecular weight is 299 g/mol. The third kappa shape index (κ3) is 1.67. The predicted octanol–water partition coefficient (Wildman–Crippen LogP) is 4.24. The van der Waals surface area contributed by atoms with Crippen molar-refractivity contribution in [3.8, 4) is 5.75 Å². The number of aromatic amines is 1. The second kappa shape index (κ2) is 4.46. The molecule has 3 heteroatoms. The largest absolute Gasteiger partial charge is 0.489 e. The molecule has 1 aliphatic heterocycles. The summed E-state index contributed by atoms with van der Waals surface area (Å²) < 4.78 is 5.64. The van der Waals surface area contributed by atoms with Crippen LogP contribution in [0.1, 0.15) is 5.56 Å². The number of rotatable bonds is 0. The van der Waals surface area contributed by atoms with Crippen molar-refractivity contribution >= 4 is 38.7 Å². The highest BCUT2D eigenvalue weighted by Gasteiger charge is 2.15. The van der Waals surface area contributed by atoms with E-state index in [1.807, 2.05) is 60.7 Å². The Labute approximate surface area is 131 Å². The van der Waals surface area contributed by atoms with Crippen molar-refractivity contribution in [3.63, 3.8) is 0 Å². The normalized spacial score (nSPS) is 13.4. The molecule has 0 atom stereocenters. The molecular formula is C20H13NO2. The van der Waals surface area contributed by atoms with Crippen LogP contribution in [0.4, 0.5) is 0 Å². The topological polar surface area (TPSA) is 42.1 Å². The summed E-state index contributed by atoms with van der Waals surface area (Å²) in [6.45, 7) is 0.570. The molecule has 3 aromatic carbocycles. The first-order chi connectivity index (χ1) is 11.3. The van der Waals surface area contributed by atoms with Crippen molar-refractivity contribution < 1.29 is 4.74 Å². The van der Waals surface area contributed by atoms with Gasteiger partial charge in [0.05, 0.1) is 16.4 Å². The number of hydrogen-bond acceptors (Lipinski definition) is 2. The average Bonchev–Trinajstić information content (AvgIpc) is 2.61. The van der Waals surface area contributed by atoms with Crippen LogP contribution in [0.25, 0.3) is 38.7 Å². The molecule has 0 saturated carbocycles. The van der Waals surface area contributed by atoms with Gasteiger partial charge in [-0.25, -0.2) is 0 Å². The van der Waals surface area contributed by atoms with Gasteiger partial charge in [0, 0.05) is 10.9 Å². The van der Waals surface area contributed by atoms with E-state index >= 15 is 0 Å². The van der Waals surface area contributed by atoms with E-state index in [4.69, 9.17) is 4.74 Å². The molecule has 0 saturated heterocycles. The SMILES string of the molecule is O=c1c2ccc3c(c2[nH]c2ccc4ccccc4c12)C=CCO3. The second-order valence-electron chi connectivity index (χ2n) is 5.78. The molecule has 0 amide bonds. The lowest BCUT2D eigenvalue weighted by atomic mass is 10.0. The van der Waals surface area contributed by atoms with Crippen LogP contribution in [0.5, 0.6) is 5.75 Å². The predicted molar refractivity (Wildman–Crippen MR) is 94.1 cm³/mol. The van der Waals surface area contributed by atoms with E-state index in [2.05, 4.69) is 4.98 Å². The molecule has 5 rings (SSSR count). The summed E-state index contributed by atoms with van der Waals surface area (Å²) in [6, 6.07) is 15.7. The van der Waals surface area contributed by atoms with Crippen LogP contribution < -0.4 is 10.2 Å². The molecule has 1 aromatic heterocycles. The Hall–Kier alpha value is -3.07. The Morgan fingerprint density at radius 3 is 2.83 bits per heavy atom. The Bertz CT molecular complexity index is 1190. The quantitative estimate of drug-likeness (QED) is 0.390. The number of hydrogen-bond donors (Lipinski definition) is 1. The number of aromatic nitrogens is 1. The molecular weight excluding hydrogens is 286 g/mol. The molecule has 0 spiro atoms. The lowest BCUT2D eigenvalue weighted by Crippen LogP contribution is -2.08. The number of pyridine rings is 1. The smallest absolute Gasteiger partial charge is 0.197 e. The van der Waals surface area contributed by atoms with Gasteiger partial charge in [-0.2, -0.15) is 0 Å². The van der Waals surface area contributed by atoms with Gasteiger partial charge >= 0.3 is 0 Å². The third-order valence-electron chi connectivity index (χ3n) is 4.49. The Kier molecular flexibility index (Phi) is 2.42. The van der Waals surface area contributed by atoms with Crippen molar-refractivity contribution in [2.75, 3.05) is 6.61 Å². The highest BCUT2D eigenvalue weighted by molar-refractivity contribution is 6.10. The van der Waals surface area contributed by atoms with E-state index in [9.17, 15) is 4.79 Å². The molecule has 0 fully saturated rings. The summed E-state index contributed by atoms with van der Waals surface area (Å²) >= 11 is 0. The molecule has 23 heavy (non-hydrogen) atoms. The van der Waals surface area contributed by atoms with Crippen LogP contribution in [0.15, 0.2) is 59.4 Å². The van der Waals surface area contributed by atoms with Crippen molar-refractivity contribution in [3.05, 3.63) is 70.4 Å². The Balaban J connectivity index is 2.03. The van der Waals surface area contributed by atoms with E-state index in [0.717, 1.165) is 38.5 Å². The summed E-state index contributed by atoms with van der Waals surface area (Å²) in [7, 11) is 0. The molecule has 1 aliphatic rings. The summed E-state index contributed by atoms with van der Waals surface area (Å²) in [5.74, 6) is 0.816. The summed E-state index contributed by atoms with van der Waals surface area (Å²) in [5.41, 5.74) is 2.70. The number of fused-ring (bicyclic) bond motifs is 6. The number of H-pyrrole nitrogens is 1. The van der Waals surface area contributed by atoms with Gasteiger partial charge in [0.15, 0.2) is 5.43 Å². The summed E-state index contributed by atoms with van der Waals surface area (Å²) in [6.07, 6.45) is 3.98. The number of nitrogens with one attached hydrogen (secondary N) is 1. The Morgan fingerprint density at radius 2 is 1.87 bits per heavy atom. The zero-order valence-electron chi connectivity index (χ0n) is 12.3. The van der Waals surface area contributed by atoms with Gasteiger partial charge in [-0.05, 0) is 41.1 Å². The van der Waals surface area contributed by atoms with Gasteiger partial charge in [-0.15, -0.1) is 0 Å². The highest BCUT2D eigenvalue weighted by Crippen LogP contribution is 2.31. The van der Waals surface area contributed by atoms with Gasteiger partial charge in [-0.3, -0.25) is 4.79 Å². The molecule has 0 radical (unpaired) electrons. The maximum Gasteiger partial charge on any atom is 0.197 e. The summed E-state index contributed by atoms with van der Waals surface area (Å²) in [5, 5.41) is 3.50. The van der Waals surface area contributed by atoms with Gasteiger partial charge in [0.1, 0.15) is 12.4 Å². The zero-order chi connectivity index (χ0) is 15.4. The lowest BCUT2D eigenvalue weighted by molar-refractivity contribution is 0.359. The fraction of sp³-hybridized carbons (Fsp3) is 0.0500. The van der Waals surface area contributed by atoms with E-state index < -0.39 is 0 Å². The first-order valence-electron chi connectivity index (χ1n) is 7.63. The lowest BCUT2D eigenvalue weighted by Gasteiger charge is -2.15. The zero-order valence-corrected chi connectivity index (χ0v) is 12.3. The fourth-order valence-corrected chi connectivity index (χ4v) is 3.41. The maximum atomic E-state index is 13.1. The molecule has 2 heterocycles. The van der Waals surface area contributed by atoms with Gasteiger partial charge in [-0.1, -0.05) is 30.3 Å². The van der Waals surface area contributed by atoms with Crippen LogP contribution in [0.2, 0.25) is 0 Å². The molecule has 0 bridgehead atoms. The van der Waals surface area contributed by atoms with Crippen molar-refractivity contribution in [1.82, 2.24) is 4.98 Å². The number of benzene rings is 3. The van der Waals surface area contributed by atoms with E-state index in [-0.39, 0.29) is 5.43 Å². The van der Waals surface area contributed by atoms with Gasteiger partial charge < -0.3 is 9.72 Å². The first-order valence-corrected chi connectivity index (χ1v) is 7.63. The standard InChI is InChI=1S/C20H13NO2/c22-20-15-8-10-17-14(6-3-11-23-17)19(15)21-16-9-7-12-4-1-2-5-13(12)18(16)20/h1-10H,11H2,(H,21,22). The minimum atomic E-state index is 0.0623. The van der Waals surface area contributed by atoms with Crippen LogP contribution in [-0.2, 0) is 0 Å². The maximum absolute atomic E-state index is 13.1. The van der Waals surface area contributed by atoms with E-state index in [0.29, 0.717) is 12.0 Å². The number of ether oxygens (including phenoxy) is 1. The highest BCUT2D eigenvalue weighted by atomic mass is 16.5. The summed E-state index contributed by atoms with van der Waals surface area (Å²) in [4.78, 5) is 16.5. The van der Waals surface area contributed by atoms with Gasteiger partial charge in [0.25, 0.3) is 0 Å². The first kappa shape index (κ1) is 12.5. The molecule has 1 N–H and O–H groups in total. The molecule has 4 aromatic rings. The van der Waals surface area contributed by atoms with Crippen LogP contribution in [0.3, 0.4) is 0 Å². The van der Waals surface area contributed by atoms with Crippen LogP contribution >= 0.6 is 0 Å². The minimum absolute atomic E-state index is 0.0623. The molecule has 3 nitrogen and oxygen atoms in total. The third-order valence-corrected chi connectivity index (χ3v) is 4.49.